The molecule has 0 radical (unpaired) electrons. The number of fused-ring (bicyclic) bond motifs is 1. The number of imide groups is 2. The molecule has 0 aromatic heterocycles. The normalized spacial score (nSPS) is 23.0. The van der Waals surface area contributed by atoms with Crippen LogP contribution >= 0.6 is 0 Å². The molecule has 5 heterocycles. The summed E-state index contributed by atoms with van der Waals surface area (Å²) in [6.45, 7) is 7.74. The maximum Gasteiger partial charge on any atom is 0.262 e. The van der Waals surface area contributed by atoms with Crippen molar-refractivity contribution in [2.75, 3.05) is 74.1 Å². The Bertz CT molecular complexity index is 1580. The number of primary amides is 1. The molecule has 13 heteroatoms. The van der Waals surface area contributed by atoms with Crippen LogP contribution in [0.2, 0.25) is 0 Å². The number of benzene rings is 2. The summed E-state index contributed by atoms with van der Waals surface area (Å²) in [5.41, 5.74) is 9.54. The fourth-order valence-corrected chi connectivity index (χ4v) is 7.23. The van der Waals surface area contributed by atoms with Gasteiger partial charge in [0.2, 0.25) is 11.8 Å². The summed E-state index contributed by atoms with van der Waals surface area (Å²) < 4.78 is 5.47. The van der Waals surface area contributed by atoms with Crippen LogP contribution in [0.4, 0.5) is 17.1 Å². The van der Waals surface area contributed by atoms with E-state index in [0.29, 0.717) is 35.8 Å². The molecule has 2 aromatic carbocycles. The standard InChI is InChI=1S/C33H39N7O6/c34-30(42)25-4-2-23(16-27(25)35-21-7-13-46-14-8-21)38-11-9-37(10-12-38)17-20-18-39(19-20)22-1-3-24-26(15-22)33(45)40(32(24)44)28-5-6-29(41)36-31(28)43/h1-4,15-16,20-21,28,35H,5-14,17-19H2,(H2,34,42)(H,36,41,43). The van der Waals surface area contributed by atoms with Gasteiger partial charge in [-0.25, -0.2) is 0 Å². The van der Waals surface area contributed by atoms with E-state index in [2.05, 4.69) is 25.3 Å². The number of piperazine rings is 1. The van der Waals surface area contributed by atoms with Crippen LogP contribution in [0.5, 0.6) is 0 Å². The minimum atomic E-state index is -0.965. The zero-order chi connectivity index (χ0) is 31.9. The first kappa shape index (κ1) is 30.2. The van der Waals surface area contributed by atoms with Gasteiger partial charge in [-0.1, -0.05) is 0 Å². The third-order valence-electron chi connectivity index (χ3n) is 9.85. The molecule has 7 rings (SSSR count). The third-order valence-corrected chi connectivity index (χ3v) is 9.85. The molecule has 0 saturated carbocycles. The van der Waals surface area contributed by atoms with Gasteiger partial charge in [-0.3, -0.25) is 39.1 Å². The van der Waals surface area contributed by atoms with Crippen molar-refractivity contribution in [2.24, 2.45) is 11.7 Å². The van der Waals surface area contributed by atoms with Gasteiger partial charge < -0.3 is 25.6 Å². The summed E-state index contributed by atoms with van der Waals surface area (Å²) in [4.78, 5) is 70.3. The SMILES string of the molecule is NC(=O)c1ccc(N2CCN(CC3CN(c4ccc5c(c4)C(=O)N(C4CCC(=O)NC4=O)C5=O)C3)CC2)cc1NC1CCOCC1. The van der Waals surface area contributed by atoms with Gasteiger partial charge in [-0.05, 0) is 55.7 Å². The van der Waals surface area contributed by atoms with Gasteiger partial charge in [-0.15, -0.1) is 0 Å². The lowest BCUT2D eigenvalue weighted by atomic mass is 9.97. The summed E-state index contributed by atoms with van der Waals surface area (Å²) in [7, 11) is 0. The Kier molecular flexibility index (Phi) is 8.11. The molecule has 5 aliphatic rings. The van der Waals surface area contributed by atoms with Gasteiger partial charge in [0.05, 0.1) is 16.7 Å². The molecule has 4 N–H and O–H groups in total. The van der Waals surface area contributed by atoms with Crippen molar-refractivity contribution in [3.8, 4) is 0 Å². The summed E-state index contributed by atoms with van der Waals surface area (Å²) in [6.07, 6.45) is 2.03. The fraction of sp³-hybridized carbons (Fsp3) is 0.485. The maximum atomic E-state index is 13.2. The Morgan fingerprint density at radius 1 is 0.870 bits per heavy atom. The van der Waals surface area contributed by atoms with E-state index in [-0.39, 0.29) is 18.9 Å². The van der Waals surface area contributed by atoms with Gasteiger partial charge in [0.1, 0.15) is 6.04 Å². The van der Waals surface area contributed by atoms with Crippen molar-refractivity contribution in [1.82, 2.24) is 15.1 Å². The molecule has 5 aliphatic heterocycles. The quantitative estimate of drug-likeness (QED) is 0.361. The van der Waals surface area contributed by atoms with Crippen LogP contribution in [-0.2, 0) is 14.3 Å². The lowest BCUT2D eigenvalue weighted by molar-refractivity contribution is -0.136. The van der Waals surface area contributed by atoms with Gasteiger partial charge in [-0.2, -0.15) is 0 Å². The average Bonchev–Trinajstić information content (AvgIpc) is 3.28. The molecular weight excluding hydrogens is 590 g/mol. The summed E-state index contributed by atoms with van der Waals surface area (Å²) >= 11 is 0. The molecule has 0 spiro atoms. The Labute approximate surface area is 267 Å². The van der Waals surface area contributed by atoms with E-state index in [9.17, 15) is 24.0 Å². The number of anilines is 3. The van der Waals surface area contributed by atoms with Crippen LogP contribution in [0, 0.1) is 5.92 Å². The zero-order valence-corrected chi connectivity index (χ0v) is 25.7. The number of nitrogens with one attached hydrogen (secondary N) is 2. The van der Waals surface area contributed by atoms with Gasteiger partial charge >= 0.3 is 0 Å². The molecule has 0 bridgehead atoms. The number of nitrogens with two attached hydrogens (primary N) is 1. The van der Waals surface area contributed by atoms with Crippen LogP contribution in [0.3, 0.4) is 0 Å². The number of hydrogen-bond acceptors (Lipinski definition) is 10. The zero-order valence-electron chi connectivity index (χ0n) is 25.7. The smallest absolute Gasteiger partial charge is 0.262 e. The van der Waals surface area contributed by atoms with Crippen molar-refractivity contribution < 1.29 is 28.7 Å². The summed E-state index contributed by atoms with van der Waals surface area (Å²) in [5, 5.41) is 5.76. The number of carbonyl (C=O) groups excluding carboxylic acids is 5. The predicted molar refractivity (Wildman–Crippen MR) is 170 cm³/mol. The van der Waals surface area contributed by atoms with Crippen molar-refractivity contribution in [2.45, 2.75) is 37.8 Å². The molecule has 0 aliphatic carbocycles. The predicted octanol–water partition coefficient (Wildman–Crippen LogP) is 1.04. The second-order valence-electron chi connectivity index (χ2n) is 12.9. The van der Waals surface area contributed by atoms with Crippen LogP contribution in [0.25, 0.3) is 0 Å². The van der Waals surface area contributed by atoms with E-state index in [1.165, 1.54) is 0 Å². The van der Waals surface area contributed by atoms with Crippen LogP contribution in [0.1, 0.15) is 56.8 Å². The first-order valence-corrected chi connectivity index (χ1v) is 16.1. The monoisotopic (exact) mass is 629 g/mol. The molecule has 5 amide bonds. The molecule has 242 valence electrons. The molecule has 4 fully saturated rings. The Balaban J connectivity index is 0.917. The molecule has 13 nitrogen and oxygen atoms in total. The lowest BCUT2D eigenvalue weighted by Crippen LogP contribution is -2.55. The number of carbonyl (C=O) groups is 5. The van der Waals surface area contributed by atoms with Crippen molar-refractivity contribution in [1.29, 1.82) is 0 Å². The average molecular weight is 630 g/mol. The molecule has 1 unspecified atom stereocenters. The van der Waals surface area contributed by atoms with Crippen LogP contribution < -0.4 is 26.2 Å². The highest BCUT2D eigenvalue weighted by atomic mass is 16.5. The highest BCUT2D eigenvalue weighted by Crippen LogP contribution is 2.33. The van der Waals surface area contributed by atoms with Crippen molar-refractivity contribution in [3.05, 3.63) is 53.1 Å². The molecule has 46 heavy (non-hydrogen) atoms. The largest absolute Gasteiger partial charge is 0.381 e. The molecule has 1 atom stereocenters. The van der Waals surface area contributed by atoms with Crippen LogP contribution in [-0.4, -0.2) is 110 Å². The molecule has 2 aromatic rings. The van der Waals surface area contributed by atoms with Gasteiger partial charge in [0.15, 0.2) is 0 Å². The van der Waals surface area contributed by atoms with Crippen molar-refractivity contribution in [3.63, 3.8) is 0 Å². The van der Waals surface area contributed by atoms with E-state index in [4.69, 9.17) is 10.5 Å². The minimum Gasteiger partial charge on any atom is -0.381 e. The Hall–Kier alpha value is -4.49. The topological polar surface area (TPSA) is 158 Å². The summed E-state index contributed by atoms with van der Waals surface area (Å²) in [5.74, 6) is -1.92. The fourth-order valence-electron chi connectivity index (χ4n) is 7.23. The van der Waals surface area contributed by atoms with Crippen molar-refractivity contribution >= 4 is 46.6 Å². The number of ether oxygens (including phenoxy) is 1. The van der Waals surface area contributed by atoms with E-state index >= 15 is 0 Å². The van der Waals surface area contributed by atoms with Gasteiger partial charge in [0, 0.05) is 94.5 Å². The second kappa shape index (κ2) is 12.4. The second-order valence-corrected chi connectivity index (χ2v) is 12.9. The number of rotatable bonds is 8. The number of nitrogens with zero attached hydrogens (tertiary/aromatic N) is 4. The van der Waals surface area contributed by atoms with Crippen LogP contribution in [0.15, 0.2) is 36.4 Å². The number of hydrogen-bond donors (Lipinski definition) is 3. The first-order valence-electron chi connectivity index (χ1n) is 16.1. The van der Waals surface area contributed by atoms with E-state index < -0.39 is 35.6 Å². The molecular formula is C33H39N7O6. The first-order chi connectivity index (χ1) is 22.2. The van der Waals surface area contributed by atoms with E-state index in [1.807, 2.05) is 24.3 Å². The Morgan fingerprint density at radius 3 is 2.28 bits per heavy atom. The maximum absolute atomic E-state index is 13.2. The Morgan fingerprint density at radius 2 is 1.57 bits per heavy atom. The highest BCUT2D eigenvalue weighted by Gasteiger charge is 2.45. The number of amides is 5. The molecule has 4 saturated heterocycles. The van der Waals surface area contributed by atoms with E-state index in [1.54, 1.807) is 12.1 Å². The number of piperidine rings is 1. The summed E-state index contributed by atoms with van der Waals surface area (Å²) in [6, 6.07) is 10.4. The van der Waals surface area contributed by atoms with Gasteiger partial charge in [0.25, 0.3) is 17.7 Å². The third kappa shape index (κ3) is 5.80. The lowest BCUT2D eigenvalue weighted by Gasteiger charge is -2.45. The van der Waals surface area contributed by atoms with E-state index in [0.717, 1.165) is 80.6 Å². The minimum absolute atomic E-state index is 0.0959. The highest BCUT2D eigenvalue weighted by molar-refractivity contribution is 6.23.